The van der Waals surface area contributed by atoms with E-state index >= 15 is 0 Å². The molecule has 4 N–H and O–H groups in total. The molecule has 24 heavy (non-hydrogen) atoms. The number of carbonyl (C=O) groups is 1. The Hall–Kier alpha value is -1.92. The average molecular weight is 346 g/mol. The zero-order chi connectivity index (χ0) is 17.5. The van der Waals surface area contributed by atoms with Crippen molar-refractivity contribution < 1.29 is 15.0 Å². The van der Waals surface area contributed by atoms with Gasteiger partial charge < -0.3 is 15.9 Å². The molecule has 128 valence electrons. The van der Waals surface area contributed by atoms with E-state index < -0.39 is 17.5 Å². The number of carboxylic acids is 1. The van der Waals surface area contributed by atoms with Gasteiger partial charge >= 0.3 is 5.97 Å². The number of anilines is 1. The summed E-state index contributed by atoms with van der Waals surface area (Å²) in [6.07, 6.45) is 1.79. The van der Waals surface area contributed by atoms with E-state index in [1.54, 1.807) is 11.6 Å². The molecule has 1 aromatic heterocycles. The van der Waals surface area contributed by atoms with Crippen molar-refractivity contribution in [3.63, 3.8) is 0 Å². The zero-order valence-corrected chi connectivity index (χ0v) is 14.6. The lowest BCUT2D eigenvalue weighted by molar-refractivity contribution is -0.149. The third kappa shape index (κ3) is 2.70. The second-order valence-corrected chi connectivity index (χ2v) is 7.70. The number of hydrogen-bond donors (Lipinski definition) is 3. The average Bonchev–Trinajstić information content (AvgIpc) is 3.00. The maximum absolute atomic E-state index is 12.3. The molecule has 4 unspecified atom stereocenters. The van der Waals surface area contributed by atoms with Gasteiger partial charge in [-0.2, -0.15) is 0 Å². The lowest BCUT2D eigenvalue weighted by atomic mass is 9.61. The van der Waals surface area contributed by atoms with E-state index in [9.17, 15) is 15.0 Å². The minimum atomic E-state index is -1.07. The van der Waals surface area contributed by atoms with Gasteiger partial charge in [0.2, 0.25) is 0 Å². The molecule has 3 rings (SSSR count). The van der Waals surface area contributed by atoms with Crippen LogP contribution >= 0.6 is 11.3 Å². The van der Waals surface area contributed by atoms with Crippen molar-refractivity contribution in [3.8, 4) is 0 Å². The third-order valence-corrected chi connectivity index (χ3v) is 6.14. The first-order valence-corrected chi connectivity index (χ1v) is 8.91. The summed E-state index contributed by atoms with van der Waals surface area (Å²) in [5.41, 5.74) is 7.41. The topological polar surface area (TPSA) is 96.4 Å². The summed E-state index contributed by atoms with van der Waals surface area (Å²) >= 11 is 1.37. The monoisotopic (exact) mass is 346 g/mol. The van der Waals surface area contributed by atoms with Crippen molar-refractivity contribution in [2.24, 2.45) is 5.92 Å². The van der Waals surface area contributed by atoms with Crippen molar-refractivity contribution in [1.82, 2.24) is 4.98 Å². The summed E-state index contributed by atoms with van der Waals surface area (Å²) in [6, 6.07) is 5.69. The van der Waals surface area contributed by atoms with Crippen molar-refractivity contribution in [1.29, 1.82) is 0 Å². The van der Waals surface area contributed by atoms with E-state index in [1.807, 2.05) is 32.0 Å². The molecule has 0 bridgehead atoms. The maximum atomic E-state index is 12.3. The Morgan fingerprint density at radius 1 is 1.42 bits per heavy atom. The number of aromatic nitrogens is 1. The van der Waals surface area contributed by atoms with Gasteiger partial charge in [0.05, 0.1) is 6.10 Å². The van der Waals surface area contributed by atoms with Gasteiger partial charge in [-0.05, 0) is 48.9 Å². The van der Waals surface area contributed by atoms with Gasteiger partial charge in [0.15, 0.2) is 0 Å². The largest absolute Gasteiger partial charge is 0.481 e. The van der Waals surface area contributed by atoms with E-state index in [4.69, 9.17) is 5.73 Å². The number of aryl methyl sites for hydroxylation is 1. The normalized spacial score (nSPS) is 30.2. The van der Waals surface area contributed by atoms with Crippen LogP contribution in [0.2, 0.25) is 0 Å². The molecule has 1 saturated carbocycles. The summed E-state index contributed by atoms with van der Waals surface area (Å²) in [5, 5.41) is 23.1. The molecule has 6 heteroatoms. The standard InChI is InChI=1S/C18H22N2O3S/c1-10-5-12(8-13(19)6-10)14-9-18(17(22)23,11(2)7-15(14)21)16-20-3-4-24-16/h3-6,8,11,14-15,21H,7,9,19H2,1-2H3,(H,22,23). The van der Waals surface area contributed by atoms with Crippen LogP contribution in [0.5, 0.6) is 0 Å². The predicted octanol–water partition coefficient (Wildman–Crippen LogP) is 2.93. The first kappa shape index (κ1) is 16.9. The molecule has 5 nitrogen and oxygen atoms in total. The Morgan fingerprint density at radius 2 is 2.17 bits per heavy atom. The highest BCUT2D eigenvalue weighted by Crippen LogP contribution is 2.50. The number of hydrogen-bond acceptors (Lipinski definition) is 5. The van der Waals surface area contributed by atoms with Crippen LogP contribution in [-0.4, -0.2) is 27.3 Å². The van der Waals surface area contributed by atoms with Gasteiger partial charge in [-0.15, -0.1) is 11.3 Å². The molecule has 0 radical (unpaired) electrons. The minimum Gasteiger partial charge on any atom is -0.481 e. The first-order valence-electron chi connectivity index (χ1n) is 8.03. The van der Waals surface area contributed by atoms with Crippen LogP contribution in [0.4, 0.5) is 5.69 Å². The second kappa shape index (κ2) is 6.18. The molecule has 2 aromatic rings. The van der Waals surface area contributed by atoms with E-state index in [0.717, 1.165) is 11.1 Å². The summed E-state index contributed by atoms with van der Waals surface area (Å²) in [5.74, 6) is -1.35. The van der Waals surface area contributed by atoms with Crippen molar-refractivity contribution >= 4 is 23.0 Å². The van der Waals surface area contributed by atoms with E-state index in [0.29, 0.717) is 23.5 Å². The number of aliphatic hydroxyl groups is 1. The molecule has 4 atom stereocenters. The molecule has 0 amide bonds. The summed E-state index contributed by atoms with van der Waals surface area (Å²) < 4.78 is 0. The van der Waals surface area contributed by atoms with E-state index in [2.05, 4.69) is 4.98 Å². The first-order chi connectivity index (χ1) is 11.3. The number of nitrogens with zero attached hydrogens (tertiary/aromatic N) is 1. The highest BCUT2D eigenvalue weighted by molar-refractivity contribution is 7.09. The number of rotatable bonds is 3. The van der Waals surface area contributed by atoms with Crippen LogP contribution in [-0.2, 0) is 10.2 Å². The van der Waals surface area contributed by atoms with E-state index in [1.165, 1.54) is 11.3 Å². The van der Waals surface area contributed by atoms with Gasteiger partial charge in [-0.25, -0.2) is 4.98 Å². The highest BCUT2D eigenvalue weighted by atomic mass is 32.1. The summed E-state index contributed by atoms with van der Waals surface area (Å²) in [4.78, 5) is 16.6. The Morgan fingerprint density at radius 3 is 2.75 bits per heavy atom. The number of aliphatic hydroxyl groups excluding tert-OH is 1. The minimum absolute atomic E-state index is 0.199. The Balaban J connectivity index is 2.07. The number of carboxylic acid groups (broad SMARTS) is 1. The molecule has 1 aliphatic rings. The van der Waals surface area contributed by atoms with Gasteiger partial charge in [-0.3, -0.25) is 4.79 Å². The molecular weight excluding hydrogens is 324 g/mol. The molecule has 0 aliphatic heterocycles. The van der Waals surface area contributed by atoms with Crippen LogP contribution in [0.25, 0.3) is 0 Å². The number of nitrogens with two attached hydrogens (primary N) is 1. The van der Waals surface area contributed by atoms with Gasteiger partial charge in [0.25, 0.3) is 0 Å². The lowest BCUT2D eigenvalue weighted by Crippen LogP contribution is -2.49. The molecule has 1 aliphatic carbocycles. The number of benzene rings is 1. The Kier molecular flexibility index (Phi) is 4.36. The van der Waals surface area contributed by atoms with Crippen LogP contribution in [0.3, 0.4) is 0 Å². The van der Waals surface area contributed by atoms with E-state index in [-0.39, 0.29) is 11.8 Å². The summed E-state index contributed by atoms with van der Waals surface area (Å²) in [6.45, 7) is 3.84. The van der Waals surface area contributed by atoms with Crippen molar-refractivity contribution in [2.45, 2.75) is 44.1 Å². The van der Waals surface area contributed by atoms with Crippen molar-refractivity contribution in [3.05, 3.63) is 45.9 Å². The van der Waals surface area contributed by atoms with Crippen LogP contribution < -0.4 is 5.73 Å². The van der Waals surface area contributed by atoms with Crippen LogP contribution in [0.15, 0.2) is 29.8 Å². The molecular formula is C18H22N2O3S. The van der Waals surface area contributed by atoms with Crippen LogP contribution in [0.1, 0.15) is 41.8 Å². The molecule has 1 fully saturated rings. The Labute approximate surface area is 145 Å². The van der Waals surface area contributed by atoms with Gasteiger partial charge in [-0.1, -0.05) is 13.0 Å². The smallest absolute Gasteiger partial charge is 0.316 e. The fourth-order valence-corrected chi connectivity index (χ4v) is 4.89. The lowest BCUT2D eigenvalue weighted by Gasteiger charge is -2.44. The molecule has 1 heterocycles. The van der Waals surface area contributed by atoms with Gasteiger partial charge in [0, 0.05) is 23.2 Å². The quantitative estimate of drug-likeness (QED) is 0.743. The second-order valence-electron chi connectivity index (χ2n) is 6.81. The molecule has 1 aromatic carbocycles. The fraction of sp³-hybridized carbons (Fsp3) is 0.444. The fourth-order valence-electron chi connectivity index (χ4n) is 3.94. The molecule has 0 saturated heterocycles. The highest BCUT2D eigenvalue weighted by Gasteiger charge is 2.54. The third-order valence-electron chi connectivity index (χ3n) is 5.19. The number of nitrogen functional groups attached to an aromatic ring is 1. The predicted molar refractivity (Wildman–Crippen MR) is 94.2 cm³/mol. The van der Waals surface area contributed by atoms with Crippen molar-refractivity contribution in [2.75, 3.05) is 5.73 Å². The molecule has 0 spiro atoms. The Bertz CT molecular complexity index is 726. The van der Waals surface area contributed by atoms with Gasteiger partial charge in [0.1, 0.15) is 10.4 Å². The van der Waals surface area contributed by atoms with Crippen LogP contribution in [0, 0.1) is 12.8 Å². The maximum Gasteiger partial charge on any atom is 0.316 e. The number of aliphatic carboxylic acids is 1. The zero-order valence-electron chi connectivity index (χ0n) is 13.8. The summed E-state index contributed by atoms with van der Waals surface area (Å²) in [7, 11) is 0. The SMILES string of the molecule is Cc1cc(N)cc(C2CC(C(=O)O)(c3nccs3)C(C)CC2O)c1. The number of thiazole rings is 1.